The number of ether oxygens (including phenoxy) is 2. The third kappa shape index (κ3) is 5.14. The molecule has 4 heteroatoms. The Balaban J connectivity index is 2.73. The molecule has 0 unspecified atom stereocenters. The predicted molar refractivity (Wildman–Crippen MR) is 84.9 cm³/mol. The first-order valence-corrected chi connectivity index (χ1v) is 7.14. The maximum atomic E-state index is 12.2. The highest BCUT2D eigenvalue weighted by molar-refractivity contribution is 5.76. The van der Waals surface area contributed by atoms with Gasteiger partial charge >= 0.3 is 0 Å². The lowest BCUT2D eigenvalue weighted by Gasteiger charge is -2.21. The summed E-state index contributed by atoms with van der Waals surface area (Å²) in [6.07, 6.45) is 1.08. The third-order valence-corrected chi connectivity index (χ3v) is 3.29. The smallest absolute Gasteiger partial charge is 0.223 e. The second-order valence-electron chi connectivity index (χ2n) is 5.04. The van der Waals surface area contributed by atoms with Crippen LogP contribution in [0, 0.1) is 0 Å². The van der Waals surface area contributed by atoms with Gasteiger partial charge in [-0.15, -0.1) is 0 Å². The van der Waals surface area contributed by atoms with Crippen molar-refractivity contribution < 1.29 is 14.3 Å². The SMILES string of the molecule is C=C(C)CN(CC)C(=O)CCc1cc(OC)ccc1OC. The van der Waals surface area contributed by atoms with Crippen LogP contribution in [0.3, 0.4) is 0 Å². The summed E-state index contributed by atoms with van der Waals surface area (Å²) in [5.74, 6) is 1.68. The molecular weight excluding hydrogens is 266 g/mol. The van der Waals surface area contributed by atoms with E-state index in [1.165, 1.54) is 0 Å². The minimum absolute atomic E-state index is 0.130. The molecule has 0 saturated carbocycles. The lowest BCUT2D eigenvalue weighted by atomic mass is 10.1. The zero-order chi connectivity index (χ0) is 15.8. The Kier molecular flexibility index (Phi) is 6.79. The summed E-state index contributed by atoms with van der Waals surface area (Å²) in [7, 11) is 3.26. The molecule has 0 radical (unpaired) electrons. The van der Waals surface area contributed by atoms with E-state index in [4.69, 9.17) is 9.47 Å². The maximum Gasteiger partial charge on any atom is 0.223 e. The molecule has 21 heavy (non-hydrogen) atoms. The molecule has 1 rings (SSSR count). The van der Waals surface area contributed by atoms with Crippen molar-refractivity contribution in [1.29, 1.82) is 0 Å². The predicted octanol–water partition coefficient (Wildman–Crippen LogP) is 3.06. The Morgan fingerprint density at radius 1 is 1.29 bits per heavy atom. The minimum atomic E-state index is 0.130. The summed E-state index contributed by atoms with van der Waals surface area (Å²) in [5, 5.41) is 0. The highest BCUT2D eigenvalue weighted by Gasteiger charge is 2.13. The number of carbonyl (C=O) groups is 1. The molecule has 0 aliphatic carbocycles. The van der Waals surface area contributed by atoms with Gasteiger partial charge in [0.05, 0.1) is 14.2 Å². The summed E-state index contributed by atoms with van der Waals surface area (Å²) in [6.45, 7) is 9.08. The van der Waals surface area contributed by atoms with Crippen molar-refractivity contribution in [3.63, 3.8) is 0 Å². The fourth-order valence-corrected chi connectivity index (χ4v) is 2.18. The standard InChI is InChI=1S/C17H25NO3/c1-6-18(12-13(2)3)17(19)10-7-14-11-15(20-4)8-9-16(14)21-5/h8-9,11H,2,6-7,10,12H2,1,3-5H3. The molecule has 0 aliphatic heterocycles. The molecule has 0 spiro atoms. The molecule has 0 aliphatic rings. The van der Waals surface area contributed by atoms with Gasteiger partial charge in [0.2, 0.25) is 5.91 Å². The lowest BCUT2D eigenvalue weighted by molar-refractivity contribution is -0.130. The highest BCUT2D eigenvalue weighted by atomic mass is 16.5. The molecule has 116 valence electrons. The van der Waals surface area contributed by atoms with E-state index in [-0.39, 0.29) is 5.91 Å². The maximum absolute atomic E-state index is 12.2. The van der Waals surface area contributed by atoms with Crippen LogP contribution < -0.4 is 9.47 Å². The van der Waals surface area contributed by atoms with Crippen molar-refractivity contribution in [2.45, 2.75) is 26.7 Å². The van der Waals surface area contributed by atoms with Gasteiger partial charge in [0, 0.05) is 19.5 Å². The molecule has 0 saturated heterocycles. The Labute approximate surface area is 127 Å². The first-order valence-electron chi connectivity index (χ1n) is 7.14. The molecule has 1 amide bonds. The van der Waals surface area contributed by atoms with Crippen molar-refractivity contribution in [3.05, 3.63) is 35.9 Å². The average molecular weight is 291 g/mol. The molecule has 0 atom stereocenters. The van der Waals surface area contributed by atoms with Crippen LogP contribution in [-0.4, -0.2) is 38.1 Å². The summed E-state index contributed by atoms with van der Waals surface area (Å²) >= 11 is 0. The van der Waals surface area contributed by atoms with Crippen LogP contribution in [0.5, 0.6) is 11.5 Å². The summed E-state index contributed by atoms with van der Waals surface area (Å²) in [5.41, 5.74) is 1.97. The zero-order valence-corrected chi connectivity index (χ0v) is 13.4. The Hall–Kier alpha value is -1.97. The zero-order valence-electron chi connectivity index (χ0n) is 13.4. The molecular formula is C17H25NO3. The first kappa shape index (κ1) is 17.1. The monoisotopic (exact) mass is 291 g/mol. The molecule has 4 nitrogen and oxygen atoms in total. The van der Waals surface area contributed by atoms with Crippen LogP contribution in [0.1, 0.15) is 25.8 Å². The number of aryl methyl sites for hydroxylation is 1. The van der Waals surface area contributed by atoms with Crippen LogP contribution in [0.2, 0.25) is 0 Å². The molecule has 1 aromatic carbocycles. The van der Waals surface area contributed by atoms with Gasteiger partial charge in [0.1, 0.15) is 11.5 Å². The number of carbonyl (C=O) groups excluding carboxylic acids is 1. The van der Waals surface area contributed by atoms with Crippen molar-refractivity contribution in [3.8, 4) is 11.5 Å². The second kappa shape index (κ2) is 8.35. The van der Waals surface area contributed by atoms with Crippen LogP contribution in [0.15, 0.2) is 30.4 Å². The number of hydrogen-bond donors (Lipinski definition) is 0. The van der Waals surface area contributed by atoms with Gasteiger partial charge in [-0.25, -0.2) is 0 Å². The van der Waals surface area contributed by atoms with Crippen molar-refractivity contribution >= 4 is 5.91 Å². The van der Waals surface area contributed by atoms with Crippen LogP contribution in [0.4, 0.5) is 0 Å². The average Bonchev–Trinajstić information content (AvgIpc) is 2.49. The minimum Gasteiger partial charge on any atom is -0.497 e. The van der Waals surface area contributed by atoms with Crippen molar-refractivity contribution in [2.24, 2.45) is 0 Å². The van der Waals surface area contributed by atoms with Crippen LogP contribution in [0.25, 0.3) is 0 Å². The quantitative estimate of drug-likeness (QED) is 0.691. The van der Waals surface area contributed by atoms with Gasteiger partial charge in [-0.3, -0.25) is 4.79 Å². The van der Waals surface area contributed by atoms with Gasteiger partial charge in [-0.05, 0) is 44.0 Å². The first-order chi connectivity index (χ1) is 10.0. The number of likely N-dealkylation sites (N-methyl/N-ethyl adjacent to an activating group) is 1. The van der Waals surface area contributed by atoms with E-state index < -0.39 is 0 Å². The van der Waals surface area contributed by atoms with E-state index in [9.17, 15) is 4.79 Å². The molecule has 0 fully saturated rings. The molecule has 0 N–H and O–H groups in total. The topological polar surface area (TPSA) is 38.8 Å². The van der Waals surface area contributed by atoms with Gasteiger partial charge in [0.15, 0.2) is 0 Å². The Morgan fingerprint density at radius 3 is 2.52 bits per heavy atom. The van der Waals surface area contributed by atoms with E-state index >= 15 is 0 Å². The summed E-state index contributed by atoms with van der Waals surface area (Å²) in [4.78, 5) is 14.1. The number of benzene rings is 1. The van der Waals surface area contributed by atoms with E-state index in [0.717, 1.165) is 22.6 Å². The molecule has 0 bridgehead atoms. The molecule has 1 aromatic rings. The fourth-order valence-electron chi connectivity index (χ4n) is 2.18. The van der Waals surface area contributed by atoms with Crippen molar-refractivity contribution in [2.75, 3.05) is 27.3 Å². The van der Waals surface area contributed by atoms with Gasteiger partial charge in [-0.1, -0.05) is 12.2 Å². The number of nitrogens with zero attached hydrogens (tertiary/aromatic N) is 1. The summed E-state index contributed by atoms with van der Waals surface area (Å²) < 4.78 is 10.6. The number of methoxy groups -OCH3 is 2. The summed E-state index contributed by atoms with van der Waals surface area (Å²) in [6, 6.07) is 5.63. The largest absolute Gasteiger partial charge is 0.497 e. The van der Waals surface area contributed by atoms with Gasteiger partial charge in [-0.2, -0.15) is 0 Å². The Morgan fingerprint density at radius 2 is 2.00 bits per heavy atom. The number of hydrogen-bond acceptors (Lipinski definition) is 3. The fraction of sp³-hybridized carbons (Fsp3) is 0.471. The van der Waals surface area contributed by atoms with Crippen LogP contribution in [-0.2, 0) is 11.2 Å². The second-order valence-corrected chi connectivity index (χ2v) is 5.04. The van der Waals surface area contributed by atoms with E-state index in [1.54, 1.807) is 14.2 Å². The van der Waals surface area contributed by atoms with Gasteiger partial charge < -0.3 is 14.4 Å². The Bertz CT molecular complexity index is 497. The van der Waals surface area contributed by atoms with E-state index in [1.807, 2.05) is 36.9 Å². The lowest BCUT2D eigenvalue weighted by Crippen LogP contribution is -2.32. The number of amides is 1. The normalized spacial score (nSPS) is 10.1. The highest BCUT2D eigenvalue weighted by Crippen LogP contribution is 2.25. The molecule has 0 aromatic heterocycles. The third-order valence-electron chi connectivity index (χ3n) is 3.29. The van der Waals surface area contributed by atoms with E-state index in [0.29, 0.717) is 25.9 Å². The molecule has 0 heterocycles. The van der Waals surface area contributed by atoms with Gasteiger partial charge in [0.25, 0.3) is 0 Å². The number of rotatable bonds is 8. The van der Waals surface area contributed by atoms with E-state index in [2.05, 4.69) is 6.58 Å². The van der Waals surface area contributed by atoms with Crippen molar-refractivity contribution in [1.82, 2.24) is 4.90 Å². The van der Waals surface area contributed by atoms with Crippen LogP contribution >= 0.6 is 0 Å².